The van der Waals surface area contributed by atoms with Crippen LogP contribution >= 0.6 is 0 Å². The van der Waals surface area contributed by atoms with E-state index >= 15 is 0 Å². The number of urea groups is 1. The number of benzene rings is 1. The number of hydrogen-bond donors (Lipinski definition) is 3. The summed E-state index contributed by atoms with van der Waals surface area (Å²) in [6.45, 7) is 6.08. The van der Waals surface area contributed by atoms with E-state index < -0.39 is 6.04 Å². The number of nitrogens with zero attached hydrogens (tertiary/aromatic N) is 2. The summed E-state index contributed by atoms with van der Waals surface area (Å²) in [5.41, 5.74) is 3.13. The van der Waals surface area contributed by atoms with Gasteiger partial charge in [0.15, 0.2) is 0 Å². The molecule has 37 heavy (non-hydrogen) atoms. The summed E-state index contributed by atoms with van der Waals surface area (Å²) in [6.07, 6.45) is 3.59. The van der Waals surface area contributed by atoms with E-state index in [1.165, 1.54) is 0 Å². The molecule has 196 valence electrons. The van der Waals surface area contributed by atoms with Gasteiger partial charge in [-0.3, -0.25) is 9.59 Å². The number of methoxy groups -OCH3 is 1. The number of ether oxygens (including phenoxy) is 1. The Morgan fingerprint density at radius 1 is 1.16 bits per heavy atom. The molecule has 0 spiro atoms. The van der Waals surface area contributed by atoms with Gasteiger partial charge < -0.3 is 29.8 Å². The second kappa shape index (κ2) is 10.3. The topological polar surface area (TPSA) is 108 Å². The predicted molar refractivity (Wildman–Crippen MR) is 142 cm³/mol. The highest BCUT2D eigenvalue weighted by atomic mass is 16.5. The third kappa shape index (κ3) is 5.08. The van der Waals surface area contributed by atoms with Crippen LogP contribution in [0, 0.1) is 11.8 Å². The van der Waals surface area contributed by atoms with Crippen LogP contribution in [0.5, 0.6) is 5.75 Å². The Morgan fingerprint density at radius 3 is 2.78 bits per heavy atom. The lowest BCUT2D eigenvalue weighted by Crippen LogP contribution is -2.57. The minimum absolute atomic E-state index is 0.0217. The number of rotatable bonds is 7. The monoisotopic (exact) mass is 505 g/mol. The largest absolute Gasteiger partial charge is 0.497 e. The van der Waals surface area contributed by atoms with Gasteiger partial charge in [-0.1, -0.05) is 19.9 Å². The minimum Gasteiger partial charge on any atom is -0.497 e. The highest BCUT2D eigenvalue weighted by Crippen LogP contribution is 2.35. The molecule has 3 N–H and O–H groups in total. The third-order valence-corrected chi connectivity index (χ3v) is 7.66. The van der Waals surface area contributed by atoms with Gasteiger partial charge in [-0.15, -0.1) is 0 Å². The van der Waals surface area contributed by atoms with Gasteiger partial charge in [-0.05, 0) is 54.5 Å². The summed E-state index contributed by atoms with van der Waals surface area (Å²) < 4.78 is 7.19. The van der Waals surface area contributed by atoms with Gasteiger partial charge in [0.25, 0.3) is 5.56 Å². The van der Waals surface area contributed by atoms with E-state index in [9.17, 15) is 14.4 Å². The fraction of sp³-hybridized carbons (Fsp3) is 0.464. The van der Waals surface area contributed by atoms with Crippen LogP contribution in [0.25, 0.3) is 10.9 Å². The highest BCUT2D eigenvalue weighted by Gasteiger charge is 2.37. The second-order valence-corrected chi connectivity index (χ2v) is 10.5. The van der Waals surface area contributed by atoms with Crippen LogP contribution in [0.15, 0.2) is 47.4 Å². The quantitative estimate of drug-likeness (QED) is 0.459. The number of amides is 3. The van der Waals surface area contributed by atoms with E-state index in [1.807, 2.05) is 53.8 Å². The van der Waals surface area contributed by atoms with E-state index in [0.29, 0.717) is 32.6 Å². The van der Waals surface area contributed by atoms with Crippen LogP contribution in [-0.4, -0.2) is 59.2 Å². The number of pyridine rings is 1. The van der Waals surface area contributed by atoms with Crippen LogP contribution in [0.3, 0.4) is 0 Å². The Labute approximate surface area is 216 Å². The molecule has 1 fully saturated rings. The number of likely N-dealkylation sites (tertiary alicyclic amines) is 1. The highest BCUT2D eigenvalue weighted by molar-refractivity contribution is 5.88. The summed E-state index contributed by atoms with van der Waals surface area (Å²) in [5, 5.41) is 7.06. The molecule has 2 bridgehead atoms. The van der Waals surface area contributed by atoms with Crippen molar-refractivity contribution in [1.82, 2.24) is 25.1 Å². The number of piperidine rings is 1. The third-order valence-electron chi connectivity index (χ3n) is 7.66. The van der Waals surface area contributed by atoms with E-state index in [0.717, 1.165) is 34.3 Å². The molecule has 4 heterocycles. The van der Waals surface area contributed by atoms with Crippen molar-refractivity contribution >= 4 is 22.8 Å². The van der Waals surface area contributed by atoms with Crippen LogP contribution in [-0.2, 0) is 17.8 Å². The van der Waals surface area contributed by atoms with Crippen molar-refractivity contribution in [3.05, 3.63) is 64.2 Å². The van der Waals surface area contributed by atoms with Crippen molar-refractivity contribution in [2.24, 2.45) is 11.8 Å². The minimum atomic E-state index is -0.632. The molecule has 3 atom stereocenters. The summed E-state index contributed by atoms with van der Waals surface area (Å²) in [6, 6.07) is 10.4. The summed E-state index contributed by atoms with van der Waals surface area (Å²) in [5.74, 6) is 0.906. The number of nitrogens with one attached hydrogen (secondary N) is 3. The molecule has 0 saturated carbocycles. The Hall–Kier alpha value is -3.75. The fourth-order valence-electron chi connectivity index (χ4n) is 5.74. The maximum atomic E-state index is 13.2. The van der Waals surface area contributed by atoms with Gasteiger partial charge in [0.1, 0.15) is 11.8 Å². The van der Waals surface area contributed by atoms with Gasteiger partial charge in [-0.2, -0.15) is 0 Å². The van der Waals surface area contributed by atoms with Crippen LogP contribution < -0.4 is 20.9 Å². The average molecular weight is 506 g/mol. The molecule has 1 saturated heterocycles. The summed E-state index contributed by atoms with van der Waals surface area (Å²) >= 11 is 0. The Morgan fingerprint density at radius 2 is 2.00 bits per heavy atom. The molecule has 9 nitrogen and oxygen atoms in total. The zero-order chi connectivity index (χ0) is 26.1. The van der Waals surface area contributed by atoms with Gasteiger partial charge in [0, 0.05) is 61.0 Å². The molecule has 3 aromatic rings. The molecule has 1 unspecified atom stereocenters. The number of carbonyl (C=O) groups is 2. The lowest BCUT2D eigenvalue weighted by atomic mass is 9.83. The Kier molecular flexibility index (Phi) is 6.95. The van der Waals surface area contributed by atoms with Crippen molar-refractivity contribution < 1.29 is 14.3 Å². The number of hydrogen-bond acceptors (Lipinski definition) is 4. The van der Waals surface area contributed by atoms with Crippen molar-refractivity contribution in [2.45, 2.75) is 45.2 Å². The summed E-state index contributed by atoms with van der Waals surface area (Å²) in [7, 11) is 1.64. The number of aromatic amines is 1. The maximum Gasteiger partial charge on any atom is 0.318 e. The van der Waals surface area contributed by atoms with Gasteiger partial charge in [0.2, 0.25) is 5.91 Å². The van der Waals surface area contributed by atoms with E-state index in [-0.39, 0.29) is 35.3 Å². The molecule has 1 aromatic carbocycles. The van der Waals surface area contributed by atoms with Gasteiger partial charge in [0.05, 0.1) is 7.11 Å². The van der Waals surface area contributed by atoms with Crippen molar-refractivity contribution in [1.29, 1.82) is 0 Å². The van der Waals surface area contributed by atoms with Crippen LogP contribution in [0.4, 0.5) is 4.79 Å². The SMILES string of the molecule is COc1ccc2[nH]cc(CCNC(=O)[C@@H](NC(=O)N3CC4C[C@H](C3)Cn3c4cccc3=O)C(C)C)c2c1. The molecule has 9 heteroatoms. The predicted octanol–water partition coefficient (Wildman–Crippen LogP) is 2.85. The number of H-pyrrole nitrogens is 1. The second-order valence-electron chi connectivity index (χ2n) is 10.5. The van der Waals surface area contributed by atoms with Gasteiger partial charge >= 0.3 is 6.03 Å². The fourth-order valence-corrected chi connectivity index (χ4v) is 5.74. The van der Waals surface area contributed by atoms with Crippen molar-refractivity contribution in [3.8, 4) is 5.75 Å². The molecule has 2 aromatic heterocycles. The first kappa shape index (κ1) is 24.9. The number of fused-ring (bicyclic) bond motifs is 5. The van der Waals surface area contributed by atoms with E-state index in [2.05, 4.69) is 15.6 Å². The van der Waals surface area contributed by atoms with Crippen LogP contribution in [0.2, 0.25) is 0 Å². The van der Waals surface area contributed by atoms with E-state index in [4.69, 9.17) is 4.74 Å². The first-order valence-corrected chi connectivity index (χ1v) is 13.0. The van der Waals surface area contributed by atoms with Gasteiger partial charge in [-0.25, -0.2) is 4.79 Å². The Bertz CT molecular complexity index is 1360. The van der Waals surface area contributed by atoms with E-state index in [1.54, 1.807) is 19.2 Å². The Balaban J connectivity index is 1.19. The standard InChI is InChI=1S/C28H35N5O4/c1-17(2)26(27(35)29-10-9-19-13-30-23-8-7-21(37-3)12-22(19)23)31-28(36)32-14-18-11-20(16-32)24-5-4-6-25(34)33(24)15-18/h4-8,12-13,17-18,20,26,30H,9-11,14-16H2,1-3H3,(H,29,35)(H,31,36)/t18-,20?,26+/m1/s1. The zero-order valence-corrected chi connectivity index (χ0v) is 21.6. The molecule has 2 aliphatic rings. The molecule has 5 rings (SSSR count). The zero-order valence-electron chi connectivity index (χ0n) is 21.6. The smallest absolute Gasteiger partial charge is 0.318 e. The number of aromatic nitrogens is 2. The maximum absolute atomic E-state index is 13.2. The average Bonchev–Trinajstić information content (AvgIpc) is 3.29. The first-order valence-electron chi connectivity index (χ1n) is 13.0. The lowest BCUT2D eigenvalue weighted by Gasteiger charge is -2.43. The van der Waals surface area contributed by atoms with Crippen molar-refractivity contribution in [3.63, 3.8) is 0 Å². The molecular formula is C28H35N5O4. The van der Waals surface area contributed by atoms with Crippen LogP contribution in [0.1, 0.15) is 37.4 Å². The molecule has 0 radical (unpaired) electrons. The molecule has 2 aliphatic heterocycles. The van der Waals surface area contributed by atoms with Crippen molar-refractivity contribution in [2.75, 3.05) is 26.7 Å². The molecule has 0 aliphatic carbocycles. The first-order chi connectivity index (χ1) is 17.8. The molecular weight excluding hydrogens is 470 g/mol. The molecule has 3 amide bonds. The number of carbonyl (C=O) groups excluding carboxylic acids is 2. The lowest BCUT2D eigenvalue weighted by molar-refractivity contribution is -0.123. The normalized spacial score (nSPS) is 19.4. The summed E-state index contributed by atoms with van der Waals surface area (Å²) in [4.78, 5) is 43.7.